The number of nitrogens with zero attached hydrogens (tertiary/aromatic N) is 2. The van der Waals surface area contributed by atoms with Crippen molar-refractivity contribution >= 4 is 45.1 Å². The Labute approximate surface area is 259 Å². The highest BCUT2D eigenvalue weighted by Gasteiger charge is 2.57. The fourth-order valence-electron chi connectivity index (χ4n) is 2.21. The van der Waals surface area contributed by atoms with E-state index < -0.39 is 74.4 Å². The highest BCUT2D eigenvalue weighted by Crippen LogP contribution is 2.28. The molecule has 0 saturated heterocycles. The maximum absolute atomic E-state index is 13.2. The number of alkyl halides is 11. The van der Waals surface area contributed by atoms with E-state index in [0.717, 1.165) is 12.1 Å². The van der Waals surface area contributed by atoms with Crippen LogP contribution in [0.5, 0.6) is 0 Å². The van der Waals surface area contributed by atoms with E-state index in [-0.39, 0.29) is 5.56 Å². The lowest BCUT2D eigenvalue weighted by Crippen LogP contribution is -2.39. The molecular formula is C22H17F11N2O10S2. The fourth-order valence-corrected chi connectivity index (χ4v) is 2.76. The van der Waals surface area contributed by atoms with Gasteiger partial charge in [-0.2, -0.15) is 65.1 Å². The third kappa shape index (κ3) is 15.4. The summed E-state index contributed by atoms with van der Waals surface area (Å²) in [5, 5.41) is 7.42. The summed E-state index contributed by atoms with van der Waals surface area (Å²) in [4.78, 5) is 20.2. The second-order valence-corrected chi connectivity index (χ2v) is 8.92. The van der Waals surface area contributed by atoms with Gasteiger partial charge in [-0.15, -0.1) is 0 Å². The van der Waals surface area contributed by atoms with Crippen LogP contribution in [0.25, 0.3) is 0 Å². The summed E-state index contributed by atoms with van der Waals surface area (Å²) in [5.41, 5.74) is -3.94. The molecule has 0 aliphatic carbocycles. The molecule has 0 spiro atoms. The van der Waals surface area contributed by atoms with Crippen molar-refractivity contribution in [3.8, 4) is 0 Å². The van der Waals surface area contributed by atoms with E-state index in [1.807, 2.05) is 0 Å². The van der Waals surface area contributed by atoms with Crippen molar-refractivity contribution in [1.29, 1.82) is 0 Å². The fraction of sp³-hybridized carbons (Fsp3) is 0.273. The molecule has 0 bridgehead atoms. The maximum atomic E-state index is 13.2. The minimum atomic E-state index is -6.13. The van der Waals surface area contributed by atoms with Gasteiger partial charge >= 0.3 is 57.4 Å². The Kier molecular flexibility index (Phi) is 18.1. The molecular weight excluding hydrogens is 725 g/mol. The van der Waals surface area contributed by atoms with Gasteiger partial charge in [0, 0.05) is 11.1 Å². The Morgan fingerprint density at radius 3 is 1.26 bits per heavy atom. The Bertz CT molecular complexity index is 1490. The number of hydrogen-bond donors (Lipinski definition) is 1. The molecule has 0 aromatic heterocycles. The summed E-state index contributed by atoms with van der Waals surface area (Å²) in [7, 11) is -4.99. The summed E-state index contributed by atoms with van der Waals surface area (Å²) >= 11 is -0.750. The lowest BCUT2D eigenvalue weighted by molar-refractivity contribution is -0.196. The summed E-state index contributed by atoms with van der Waals surface area (Å²) in [6, 6.07) is 12.4. The number of halogens is 11. The maximum Gasteiger partial charge on any atom is 0.490 e. The van der Waals surface area contributed by atoms with E-state index in [0.29, 0.717) is 14.2 Å². The van der Waals surface area contributed by atoms with E-state index in [2.05, 4.69) is 24.1 Å². The zero-order valence-electron chi connectivity index (χ0n) is 22.8. The Hall–Kier alpha value is -4.68. The second-order valence-electron chi connectivity index (χ2n) is 7.21. The number of hydrogen-bond acceptors (Lipinski definition) is 12. The normalized spacial score (nSPS) is 12.4. The first-order valence-corrected chi connectivity index (χ1v) is 13.0. The van der Waals surface area contributed by atoms with Crippen LogP contribution in [0, 0.1) is 0 Å². The van der Waals surface area contributed by atoms with Crippen molar-refractivity contribution in [3.05, 3.63) is 71.8 Å². The van der Waals surface area contributed by atoms with Crippen LogP contribution in [0.15, 0.2) is 71.0 Å². The van der Waals surface area contributed by atoms with Gasteiger partial charge in [-0.3, -0.25) is 4.28 Å². The Morgan fingerprint density at radius 1 is 0.660 bits per heavy atom. The van der Waals surface area contributed by atoms with Crippen LogP contribution in [0.4, 0.5) is 48.3 Å². The topological polar surface area (TPSA) is 175 Å². The molecule has 2 rings (SSSR count). The van der Waals surface area contributed by atoms with Crippen molar-refractivity contribution in [2.45, 2.75) is 23.8 Å². The molecule has 0 unspecified atom stereocenters. The van der Waals surface area contributed by atoms with Gasteiger partial charge in [0.25, 0.3) is 0 Å². The van der Waals surface area contributed by atoms with Gasteiger partial charge < -0.3 is 14.7 Å². The average molecular weight is 742 g/mol. The predicted octanol–water partition coefficient (Wildman–Crippen LogP) is 4.54. The van der Waals surface area contributed by atoms with Crippen LogP contribution in [0.2, 0.25) is 0 Å². The number of rotatable bonds is 6. The molecule has 264 valence electrons. The summed E-state index contributed by atoms with van der Waals surface area (Å²) in [6.45, 7) is 0. The van der Waals surface area contributed by atoms with E-state index in [9.17, 15) is 66.3 Å². The molecule has 0 aliphatic heterocycles. The van der Waals surface area contributed by atoms with E-state index >= 15 is 0 Å². The van der Waals surface area contributed by atoms with E-state index in [1.165, 1.54) is 42.5 Å². The monoisotopic (exact) mass is 742 g/mol. The van der Waals surface area contributed by atoms with Gasteiger partial charge in [-0.1, -0.05) is 71.0 Å². The molecule has 1 N–H and O–H groups in total. The van der Waals surface area contributed by atoms with E-state index in [4.69, 9.17) is 13.6 Å². The van der Waals surface area contributed by atoms with Crippen LogP contribution in [0.3, 0.4) is 0 Å². The summed E-state index contributed by atoms with van der Waals surface area (Å²) in [5.74, 6) is -4.70. The number of methoxy groups -OCH3 is 2. The van der Waals surface area contributed by atoms with Crippen LogP contribution in [-0.2, 0) is 45.0 Å². The Morgan fingerprint density at radius 2 is 1.00 bits per heavy atom. The molecule has 2 aromatic rings. The van der Waals surface area contributed by atoms with Gasteiger partial charge in [0.2, 0.25) is 0 Å². The number of oxime groups is 2. The molecule has 0 fully saturated rings. The first-order chi connectivity index (χ1) is 21.4. The van der Waals surface area contributed by atoms with Crippen molar-refractivity contribution in [1.82, 2.24) is 0 Å². The standard InChI is InChI=1S/C11H8F5NO5S.C8H6F3NO.C3H3F3O2.O2S/c1-21-9(18)11(15,16)23(19,20)22-17-8(10(12,13)14)7-5-3-2-4-6-7;9-8(10,11)7(12-13)6-4-2-1-3-5-6;1-8-2(7)3(4,5)6;1-3-2/h2-6H,1H3;1-5,13H;1H3;/b17-8-;12-7-;;. The molecule has 25 heteroatoms. The molecule has 0 amide bonds. The second kappa shape index (κ2) is 19.1. The number of ether oxygens (including phenoxy) is 2. The zero-order valence-corrected chi connectivity index (χ0v) is 24.4. The molecule has 0 saturated carbocycles. The molecule has 0 radical (unpaired) electrons. The molecule has 0 heterocycles. The zero-order chi connectivity index (χ0) is 37.3. The smallest absolute Gasteiger partial charge is 0.464 e. The van der Waals surface area contributed by atoms with Gasteiger partial charge in [-0.05, 0) is 0 Å². The molecule has 0 atom stereocenters. The molecule has 12 nitrogen and oxygen atoms in total. The summed E-state index contributed by atoms with van der Waals surface area (Å²) < 4.78 is 183. The lowest BCUT2D eigenvalue weighted by Gasteiger charge is -2.13. The minimum absolute atomic E-state index is 0.155. The predicted molar refractivity (Wildman–Crippen MR) is 134 cm³/mol. The van der Waals surface area contributed by atoms with Crippen LogP contribution in [0.1, 0.15) is 11.1 Å². The molecule has 0 aliphatic rings. The van der Waals surface area contributed by atoms with Gasteiger partial charge in [-0.25, -0.2) is 9.59 Å². The quantitative estimate of drug-likeness (QED) is 0.145. The van der Waals surface area contributed by atoms with Crippen molar-refractivity contribution in [2.75, 3.05) is 14.2 Å². The van der Waals surface area contributed by atoms with Gasteiger partial charge in [0.05, 0.1) is 14.2 Å². The molecule has 2 aromatic carbocycles. The number of esters is 2. The molecule has 47 heavy (non-hydrogen) atoms. The van der Waals surface area contributed by atoms with Crippen LogP contribution < -0.4 is 0 Å². The lowest BCUT2D eigenvalue weighted by atomic mass is 10.1. The highest BCUT2D eigenvalue weighted by atomic mass is 32.2. The summed E-state index contributed by atoms with van der Waals surface area (Å²) in [6.07, 6.45) is -14.7. The first-order valence-electron chi connectivity index (χ1n) is 10.9. The number of carbonyl (C=O) groups is 2. The minimum Gasteiger partial charge on any atom is -0.464 e. The Balaban J connectivity index is 0. The first kappa shape index (κ1) is 44.4. The number of benzene rings is 2. The van der Waals surface area contributed by atoms with Gasteiger partial charge in [0.15, 0.2) is 11.4 Å². The third-order valence-corrected chi connectivity index (χ3v) is 5.18. The van der Waals surface area contributed by atoms with Crippen molar-refractivity contribution in [2.24, 2.45) is 10.3 Å². The van der Waals surface area contributed by atoms with E-state index in [1.54, 1.807) is 6.07 Å². The van der Waals surface area contributed by atoms with Crippen molar-refractivity contribution in [3.63, 3.8) is 0 Å². The largest absolute Gasteiger partial charge is 0.490 e. The third-order valence-electron chi connectivity index (χ3n) is 4.11. The van der Waals surface area contributed by atoms with Crippen LogP contribution >= 0.6 is 0 Å². The SMILES string of the molecule is COC(=O)C(F)(F)F.COC(=O)C(F)(F)S(=O)(=O)O/N=C(/c1ccccc1)C(F)(F)F.O/N=C(/c1ccccc1)C(F)(F)F.O=S=O. The number of carbonyl (C=O) groups excluding carboxylic acids is 2. The highest BCUT2D eigenvalue weighted by molar-refractivity contribution is 7.88. The van der Waals surface area contributed by atoms with Gasteiger partial charge in [0.1, 0.15) is 0 Å². The average Bonchev–Trinajstić information content (AvgIpc) is 2.97. The van der Waals surface area contributed by atoms with Crippen LogP contribution in [-0.4, -0.2) is 83.4 Å². The van der Waals surface area contributed by atoms with Crippen molar-refractivity contribution < 1.29 is 93.7 Å².